The zero-order valence-corrected chi connectivity index (χ0v) is 12.4. The van der Waals surface area contributed by atoms with Crippen molar-refractivity contribution in [3.05, 3.63) is 0 Å². The fourth-order valence-corrected chi connectivity index (χ4v) is 1.91. The van der Waals surface area contributed by atoms with Crippen molar-refractivity contribution < 1.29 is 9.53 Å². The van der Waals surface area contributed by atoms with Crippen LogP contribution < -0.4 is 5.32 Å². The number of rotatable bonds is 4. The van der Waals surface area contributed by atoms with Crippen LogP contribution in [0.3, 0.4) is 0 Å². The van der Waals surface area contributed by atoms with Gasteiger partial charge in [-0.25, -0.2) is 4.99 Å². The summed E-state index contributed by atoms with van der Waals surface area (Å²) in [6.07, 6.45) is 0.980. The first-order valence-electron chi connectivity index (χ1n) is 6.73. The third-order valence-corrected chi connectivity index (χ3v) is 3.51. The van der Waals surface area contributed by atoms with Gasteiger partial charge >= 0.3 is 0 Å². The van der Waals surface area contributed by atoms with Gasteiger partial charge in [0.15, 0.2) is 0 Å². The largest absolute Gasteiger partial charge is 0.477 e. The van der Waals surface area contributed by atoms with Gasteiger partial charge in [0, 0.05) is 6.92 Å². The summed E-state index contributed by atoms with van der Waals surface area (Å²) >= 11 is 0. The van der Waals surface area contributed by atoms with Crippen LogP contribution in [0.5, 0.6) is 0 Å². The molecular formula is C14H26N2O2. The number of hydrogen-bond acceptors (Lipinski definition) is 3. The highest BCUT2D eigenvalue weighted by Gasteiger charge is 2.34. The second-order valence-electron chi connectivity index (χ2n) is 6.22. The number of amides is 1. The Bertz CT molecular complexity index is 331. The van der Waals surface area contributed by atoms with Gasteiger partial charge in [0.05, 0.1) is 6.04 Å². The quantitative estimate of drug-likeness (QED) is 0.837. The molecule has 0 aliphatic carbocycles. The lowest BCUT2D eigenvalue weighted by molar-refractivity contribution is -0.119. The Hall–Kier alpha value is -1.06. The second kappa shape index (κ2) is 5.72. The van der Waals surface area contributed by atoms with Crippen molar-refractivity contribution >= 4 is 11.8 Å². The van der Waals surface area contributed by atoms with Crippen LogP contribution in [0.1, 0.15) is 48.0 Å². The zero-order chi connectivity index (χ0) is 13.9. The number of nitrogens with one attached hydrogen (secondary N) is 1. The highest BCUT2D eigenvalue weighted by molar-refractivity contribution is 5.88. The van der Waals surface area contributed by atoms with E-state index in [0.717, 1.165) is 6.42 Å². The summed E-state index contributed by atoms with van der Waals surface area (Å²) in [7, 11) is 0. The van der Waals surface area contributed by atoms with Crippen LogP contribution in [0, 0.1) is 11.3 Å². The zero-order valence-electron chi connectivity index (χ0n) is 12.4. The normalized spacial score (nSPS) is 23.0. The van der Waals surface area contributed by atoms with Gasteiger partial charge in [0.25, 0.3) is 0 Å². The summed E-state index contributed by atoms with van der Waals surface area (Å²) in [5.74, 6) is 0.983. The summed E-state index contributed by atoms with van der Waals surface area (Å²) < 4.78 is 5.71. The van der Waals surface area contributed by atoms with Crippen LogP contribution in [-0.2, 0) is 9.53 Å². The molecule has 1 heterocycles. The van der Waals surface area contributed by atoms with E-state index in [-0.39, 0.29) is 23.4 Å². The van der Waals surface area contributed by atoms with E-state index in [1.165, 1.54) is 6.92 Å². The number of ether oxygens (including phenoxy) is 1. The van der Waals surface area contributed by atoms with Gasteiger partial charge in [-0.1, -0.05) is 41.0 Å². The molecule has 1 unspecified atom stereocenters. The average molecular weight is 254 g/mol. The van der Waals surface area contributed by atoms with E-state index in [2.05, 4.69) is 44.9 Å². The van der Waals surface area contributed by atoms with Crippen molar-refractivity contribution in [2.24, 2.45) is 16.3 Å². The Morgan fingerprint density at radius 1 is 1.56 bits per heavy atom. The molecule has 4 nitrogen and oxygen atoms in total. The van der Waals surface area contributed by atoms with E-state index >= 15 is 0 Å². The molecule has 0 saturated heterocycles. The first-order chi connectivity index (χ1) is 8.25. The topological polar surface area (TPSA) is 50.7 Å². The molecule has 0 bridgehead atoms. The molecule has 0 fully saturated rings. The van der Waals surface area contributed by atoms with Gasteiger partial charge in [0.1, 0.15) is 12.6 Å². The van der Waals surface area contributed by atoms with Gasteiger partial charge in [-0.05, 0) is 11.3 Å². The van der Waals surface area contributed by atoms with E-state index in [0.29, 0.717) is 18.4 Å². The van der Waals surface area contributed by atoms with E-state index < -0.39 is 0 Å². The number of carbonyl (C=O) groups excluding carboxylic acids is 1. The summed E-state index contributed by atoms with van der Waals surface area (Å²) in [6, 6.07) is 0.0765. The molecule has 0 saturated carbocycles. The molecule has 0 aromatic carbocycles. The Morgan fingerprint density at radius 3 is 2.56 bits per heavy atom. The fourth-order valence-electron chi connectivity index (χ4n) is 1.91. The van der Waals surface area contributed by atoms with Gasteiger partial charge in [0.2, 0.25) is 11.8 Å². The molecule has 1 amide bonds. The molecule has 0 aromatic rings. The molecule has 1 aliphatic rings. The Balaban J connectivity index is 2.84. The van der Waals surface area contributed by atoms with Crippen LogP contribution >= 0.6 is 0 Å². The Labute approximate surface area is 110 Å². The number of nitrogens with zero attached hydrogens (tertiary/aromatic N) is 1. The molecule has 3 atom stereocenters. The van der Waals surface area contributed by atoms with Gasteiger partial charge in [-0.15, -0.1) is 0 Å². The first kappa shape index (κ1) is 15.0. The predicted molar refractivity (Wildman–Crippen MR) is 73.7 cm³/mol. The summed E-state index contributed by atoms with van der Waals surface area (Å²) in [5.41, 5.74) is 0.0952. The molecule has 1 aliphatic heterocycles. The highest BCUT2D eigenvalue weighted by Crippen LogP contribution is 2.27. The maximum atomic E-state index is 11.3. The van der Waals surface area contributed by atoms with Gasteiger partial charge in [-0.3, -0.25) is 4.79 Å². The third kappa shape index (κ3) is 3.72. The highest BCUT2D eigenvalue weighted by atomic mass is 16.5. The van der Waals surface area contributed by atoms with E-state index in [4.69, 9.17) is 4.74 Å². The maximum Gasteiger partial charge on any atom is 0.217 e. The molecule has 18 heavy (non-hydrogen) atoms. The lowest BCUT2D eigenvalue weighted by Gasteiger charge is -2.23. The minimum absolute atomic E-state index is 0.0363. The van der Waals surface area contributed by atoms with E-state index in [9.17, 15) is 4.79 Å². The summed E-state index contributed by atoms with van der Waals surface area (Å²) in [6.45, 7) is 12.8. The lowest BCUT2D eigenvalue weighted by atomic mass is 9.88. The summed E-state index contributed by atoms with van der Waals surface area (Å²) in [4.78, 5) is 15.9. The molecular weight excluding hydrogens is 228 g/mol. The molecule has 0 spiro atoms. The monoisotopic (exact) mass is 254 g/mol. The van der Waals surface area contributed by atoms with Crippen molar-refractivity contribution in [3.63, 3.8) is 0 Å². The minimum atomic E-state index is -0.0974. The molecule has 1 rings (SSSR count). The fraction of sp³-hybridized carbons (Fsp3) is 0.857. The standard InChI is InChI=1S/C14H26N2O2/c1-7-9(2)12(15-10(3)17)13-16-11(8-18-13)14(4,5)6/h9,11-12H,7-8H2,1-6H3,(H,15,17)/t9-,11+,12?/m0/s1. The smallest absolute Gasteiger partial charge is 0.217 e. The first-order valence-corrected chi connectivity index (χ1v) is 6.73. The molecule has 1 N–H and O–H groups in total. The third-order valence-electron chi connectivity index (χ3n) is 3.51. The van der Waals surface area contributed by atoms with Crippen molar-refractivity contribution in [2.75, 3.05) is 6.61 Å². The number of hydrogen-bond donors (Lipinski definition) is 1. The molecule has 104 valence electrons. The maximum absolute atomic E-state index is 11.3. The van der Waals surface area contributed by atoms with Crippen molar-refractivity contribution in [2.45, 2.75) is 60.0 Å². The van der Waals surface area contributed by atoms with Crippen LogP contribution in [-0.4, -0.2) is 30.5 Å². The van der Waals surface area contributed by atoms with Crippen LogP contribution in [0.4, 0.5) is 0 Å². The lowest BCUT2D eigenvalue weighted by Crippen LogP contribution is -2.44. The number of carbonyl (C=O) groups is 1. The van der Waals surface area contributed by atoms with Crippen molar-refractivity contribution in [1.29, 1.82) is 0 Å². The van der Waals surface area contributed by atoms with Crippen LogP contribution in [0.2, 0.25) is 0 Å². The van der Waals surface area contributed by atoms with Gasteiger partial charge < -0.3 is 10.1 Å². The van der Waals surface area contributed by atoms with Crippen molar-refractivity contribution in [3.8, 4) is 0 Å². The summed E-state index contributed by atoms with van der Waals surface area (Å²) in [5, 5.41) is 2.95. The average Bonchev–Trinajstić information content (AvgIpc) is 2.73. The van der Waals surface area contributed by atoms with Gasteiger partial charge in [-0.2, -0.15) is 0 Å². The van der Waals surface area contributed by atoms with Crippen molar-refractivity contribution in [1.82, 2.24) is 5.32 Å². The second-order valence-corrected chi connectivity index (χ2v) is 6.22. The molecule has 0 aromatic heterocycles. The molecule has 4 heteroatoms. The predicted octanol–water partition coefficient (Wildman–Crippen LogP) is 2.38. The molecule has 0 radical (unpaired) electrons. The Morgan fingerprint density at radius 2 is 2.17 bits per heavy atom. The minimum Gasteiger partial charge on any atom is -0.477 e. The van der Waals surface area contributed by atoms with E-state index in [1.807, 2.05) is 0 Å². The number of aliphatic imine (C=N–C) groups is 1. The van der Waals surface area contributed by atoms with E-state index in [1.54, 1.807) is 0 Å². The Kier molecular flexibility index (Phi) is 4.77. The van der Waals surface area contributed by atoms with Crippen LogP contribution in [0.25, 0.3) is 0 Å². The SMILES string of the molecule is CC[C@H](C)C(NC(C)=O)C1=N[C@@H](C(C)(C)C)CO1. The van der Waals surface area contributed by atoms with Crippen LogP contribution in [0.15, 0.2) is 4.99 Å².